The maximum atomic E-state index is 13.9. The monoisotopic (exact) mass is 483 g/mol. The van der Waals surface area contributed by atoms with Gasteiger partial charge in [-0.1, -0.05) is 32.9 Å². The first-order chi connectivity index (χ1) is 17.4. The summed E-state index contributed by atoms with van der Waals surface area (Å²) in [6.07, 6.45) is 1.50. The second-order valence-corrected chi connectivity index (χ2v) is 9.21. The average molecular weight is 484 g/mol. The van der Waals surface area contributed by atoms with Gasteiger partial charge < -0.3 is 4.74 Å². The van der Waals surface area contributed by atoms with Gasteiger partial charge in [-0.15, -0.1) is 0 Å². The summed E-state index contributed by atoms with van der Waals surface area (Å²) >= 11 is 0. The molecule has 5 rings (SSSR count). The van der Waals surface area contributed by atoms with Gasteiger partial charge in [0.2, 0.25) is 0 Å². The number of nitrogens with zero attached hydrogens (tertiary/aromatic N) is 5. The molecule has 0 unspecified atom stereocenters. The lowest BCUT2D eigenvalue weighted by Crippen LogP contribution is -2.26. The van der Waals surface area contributed by atoms with E-state index in [1.54, 1.807) is 23.6 Å². The molecule has 0 aliphatic rings. The molecule has 3 aromatic heterocycles. The molecule has 0 radical (unpaired) electrons. The molecule has 8 heteroatoms. The van der Waals surface area contributed by atoms with Crippen molar-refractivity contribution < 1.29 is 9.53 Å². The maximum absolute atomic E-state index is 13.9. The molecule has 0 spiro atoms. The van der Waals surface area contributed by atoms with Crippen LogP contribution < -0.4 is 5.56 Å². The molecule has 0 aliphatic carbocycles. The van der Waals surface area contributed by atoms with Crippen molar-refractivity contribution in [3.8, 4) is 5.69 Å². The summed E-state index contributed by atoms with van der Waals surface area (Å²) in [6, 6.07) is 14.7. The van der Waals surface area contributed by atoms with E-state index in [-0.39, 0.29) is 11.5 Å². The average Bonchev–Trinajstić information content (AvgIpc) is 3.19. The minimum absolute atomic E-state index is 0.103. The summed E-state index contributed by atoms with van der Waals surface area (Å²) in [5, 5.41) is 0.457. The van der Waals surface area contributed by atoms with Crippen LogP contribution in [0.5, 0.6) is 0 Å². The Morgan fingerprint density at radius 3 is 2.28 bits per heavy atom. The van der Waals surface area contributed by atoms with E-state index in [2.05, 4.69) is 13.8 Å². The van der Waals surface area contributed by atoms with E-state index in [1.165, 1.54) is 0 Å². The summed E-state index contributed by atoms with van der Waals surface area (Å²) < 4.78 is 8.77. The Bertz CT molecular complexity index is 1650. The van der Waals surface area contributed by atoms with Gasteiger partial charge in [0.25, 0.3) is 5.56 Å². The van der Waals surface area contributed by atoms with Crippen LogP contribution in [0.4, 0.5) is 0 Å². The van der Waals surface area contributed by atoms with E-state index >= 15 is 0 Å². The number of carbonyl (C=O) groups excluding carboxylic acids is 1. The summed E-state index contributed by atoms with van der Waals surface area (Å²) in [5.74, 6) is 0.807. The van der Waals surface area contributed by atoms with Crippen molar-refractivity contribution in [1.82, 2.24) is 24.1 Å². The van der Waals surface area contributed by atoms with Gasteiger partial charge in [0, 0.05) is 18.7 Å². The number of aryl methyl sites for hydroxylation is 1. The second-order valence-electron chi connectivity index (χ2n) is 9.21. The topological polar surface area (TPSA) is 91.9 Å². The number of aromatic nitrogens is 5. The summed E-state index contributed by atoms with van der Waals surface area (Å²) in [4.78, 5) is 40.8. The Labute approximate surface area is 208 Å². The van der Waals surface area contributed by atoms with Crippen LogP contribution in [-0.4, -0.2) is 36.7 Å². The first kappa shape index (κ1) is 23.7. The zero-order valence-corrected chi connectivity index (χ0v) is 21.0. The standard InChI is InChI=1S/C28H29N5O3/c1-5-22-31-25-23(27(34)32(22)16-15-17(3)4)24-26(30-21-10-8-7-9-20(21)29-24)33(25)19-13-11-18(12-14-19)28(35)36-6-2/h7-14,17H,5-6,15-16H2,1-4H3. The molecule has 0 atom stereocenters. The van der Waals surface area contributed by atoms with Gasteiger partial charge in [0.1, 0.15) is 16.7 Å². The number of carbonyl (C=O) groups is 1. The molecule has 0 N–H and O–H groups in total. The number of benzene rings is 2. The molecule has 5 aromatic rings. The Morgan fingerprint density at radius 1 is 0.944 bits per heavy atom. The molecular formula is C28H29N5O3. The third kappa shape index (κ3) is 4.02. The largest absolute Gasteiger partial charge is 0.462 e. The number of hydrogen-bond donors (Lipinski definition) is 0. The van der Waals surface area contributed by atoms with E-state index in [9.17, 15) is 9.59 Å². The first-order valence-corrected chi connectivity index (χ1v) is 12.4. The lowest BCUT2D eigenvalue weighted by atomic mass is 10.1. The molecule has 0 bridgehead atoms. The van der Waals surface area contributed by atoms with E-state index in [0.717, 1.165) is 29.0 Å². The molecule has 184 valence electrons. The van der Waals surface area contributed by atoms with E-state index < -0.39 is 0 Å². The van der Waals surface area contributed by atoms with Crippen LogP contribution in [0.25, 0.3) is 38.9 Å². The van der Waals surface area contributed by atoms with Crippen LogP contribution in [-0.2, 0) is 17.7 Å². The second kappa shape index (κ2) is 9.53. The highest BCUT2D eigenvalue weighted by Crippen LogP contribution is 2.29. The Kier molecular flexibility index (Phi) is 6.26. The van der Waals surface area contributed by atoms with Crippen LogP contribution in [0.2, 0.25) is 0 Å². The zero-order chi connectivity index (χ0) is 25.4. The van der Waals surface area contributed by atoms with Crippen LogP contribution in [0.15, 0.2) is 53.3 Å². The quantitative estimate of drug-likeness (QED) is 0.300. The minimum Gasteiger partial charge on any atom is -0.462 e. The fourth-order valence-corrected chi connectivity index (χ4v) is 4.46. The number of para-hydroxylation sites is 2. The molecule has 0 aliphatic heterocycles. The van der Waals surface area contributed by atoms with Gasteiger partial charge in [-0.05, 0) is 55.7 Å². The van der Waals surface area contributed by atoms with Gasteiger partial charge >= 0.3 is 5.97 Å². The lowest BCUT2D eigenvalue weighted by Gasteiger charge is -2.13. The van der Waals surface area contributed by atoms with Gasteiger partial charge in [-0.2, -0.15) is 0 Å². The smallest absolute Gasteiger partial charge is 0.338 e. The molecule has 0 saturated carbocycles. The zero-order valence-electron chi connectivity index (χ0n) is 21.0. The highest BCUT2D eigenvalue weighted by atomic mass is 16.5. The van der Waals surface area contributed by atoms with E-state index in [1.807, 2.05) is 47.9 Å². The maximum Gasteiger partial charge on any atom is 0.338 e. The molecular weight excluding hydrogens is 454 g/mol. The molecule has 0 fully saturated rings. The van der Waals surface area contributed by atoms with Crippen molar-refractivity contribution in [2.45, 2.75) is 47.1 Å². The van der Waals surface area contributed by atoms with Crippen molar-refractivity contribution in [3.63, 3.8) is 0 Å². The molecule has 36 heavy (non-hydrogen) atoms. The van der Waals surface area contributed by atoms with Crippen molar-refractivity contribution in [2.75, 3.05) is 6.61 Å². The highest BCUT2D eigenvalue weighted by Gasteiger charge is 2.23. The molecule has 0 amide bonds. The Hall–Kier alpha value is -4.07. The first-order valence-electron chi connectivity index (χ1n) is 12.4. The number of ether oxygens (including phenoxy) is 1. The highest BCUT2D eigenvalue weighted by molar-refractivity contribution is 6.06. The predicted molar refractivity (Wildman–Crippen MR) is 141 cm³/mol. The van der Waals surface area contributed by atoms with Gasteiger partial charge in [0.05, 0.1) is 23.2 Å². The summed E-state index contributed by atoms with van der Waals surface area (Å²) in [6.45, 7) is 8.98. The van der Waals surface area contributed by atoms with Crippen LogP contribution in [0.1, 0.15) is 50.3 Å². The summed E-state index contributed by atoms with van der Waals surface area (Å²) in [7, 11) is 0. The van der Waals surface area contributed by atoms with Crippen molar-refractivity contribution in [1.29, 1.82) is 0 Å². The third-order valence-electron chi connectivity index (χ3n) is 6.32. The van der Waals surface area contributed by atoms with Crippen molar-refractivity contribution in [2.24, 2.45) is 5.92 Å². The SMILES string of the molecule is CCOC(=O)c1ccc(-n2c3nc4ccccc4nc3c3c(=O)n(CCC(C)C)c(CC)nc32)cc1. The lowest BCUT2D eigenvalue weighted by molar-refractivity contribution is 0.0526. The Morgan fingerprint density at radius 2 is 1.64 bits per heavy atom. The van der Waals surface area contributed by atoms with Gasteiger partial charge in [-0.3, -0.25) is 13.9 Å². The summed E-state index contributed by atoms with van der Waals surface area (Å²) in [5.41, 5.74) is 4.14. The molecule has 0 saturated heterocycles. The Balaban J connectivity index is 1.83. The predicted octanol–water partition coefficient (Wildman–Crippen LogP) is 5.07. The van der Waals surface area contributed by atoms with Crippen molar-refractivity contribution >= 4 is 39.2 Å². The number of esters is 1. The number of hydrogen-bond acceptors (Lipinski definition) is 6. The normalized spacial score (nSPS) is 11.7. The van der Waals surface area contributed by atoms with Gasteiger partial charge in [0.15, 0.2) is 11.3 Å². The fourth-order valence-electron chi connectivity index (χ4n) is 4.46. The van der Waals surface area contributed by atoms with Crippen LogP contribution in [0.3, 0.4) is 0 Å². The minimum atomic E-state index is -0.378. The molecule has 2 aromatic carbocycles. The number of rotatable bonds is 7. The van der Waals surface area contributed by atoms with E-state index in [4.69, 9.17) is 19.7 Å². The van der Waals surface area contributed by atoms with Crippen LogP contribution in [0, 0.1) is 5.92 Å². The van der Waals surface area contributed by atoms with Crippen LogP contribution >= 0.6 is 0 Å². The fraction of sp³-hybridized carbons (Fsp3) is 0.321. The van der Waals surface area contributed by atoms with E-state index in [0.29, 0.717) is 53.3 Å². The molecule has 8 nitrogen and oxygen atoms in total. The number of fused-ring (bicyclic) bond motifs is 4. The van der Waals surface area contributed by atoms with Crippen molar-refractivity contribution in [3.05, 3.63) is 70.3 Å². The van der Waals surface area contributed by atoms with Gasteiger partial charge in [-0.25, -0.2) is 19.7 Å². The molecule has 3 heterocycles. The third-order valence-corrected chi connectivity index (χ3v) is 6.32.